The molecule has 0 atom stereocenters. The van der Waals surface area contributed by atoms with E-state index in [1.807, 2.05) is 12.1 Å². The first kappa shape index (κ1) is 27.3. The number of pyridine rings is 1. The topological polar surface area (TPSA) is 181 Å². The number of hydrogen-bond acceptors (Lipinski definition) is 12. The summed E-state index contributed by atoms with van der Waals surface area (Å²) in [5.41, 5.74) is 6.74. The smallest absolute Gasteiger partial charge is 0.348 e. The average Bonchev–Trinajstić information content (AvgIpc) is 3.51. The van der Waals surface area contributed by atoms with Crippen LogP contribution in [0.25, 0.3) is 11.3 Å². The predicted octanol–water partition coefficient (Wildman–Crippen LogP) is 4.12. The molecule has 3 aromatic heterocycles. The number of thiophene rings is 1. The van der Waals surface area contributed by atoms with E-state index in [2.05, 4.69) is 10.3 Å². The molecule has 0 aliphatic heterocycles. The first-order valence-electron chi connectivity index (χ1n) is 10.8. The summed E-state index contributed by atoms with van der Waals surface area (Å²) in [4.78, 5) is 41.6. The zero-order chi connectivity index (χ0) is 27.1. The lowest BCUT2D eigenvalue weighted by Gasteiger charge is -2.11. The molecule has 0 aliphatic carbocycles. The molecule has 3 aromatic rings. The standard InChI is InChI=1S/C24H21N5O6S2/c1-4-34-24(32)19-12(2)17(23(31)33-3)22(37-19)28-16(30)7-9-36-21-14(11-26)18(15-6-5-8-35-15)13(10-25)20(27)29-21/h5-6,8H,4,7,9H2,1-3H3,(H2,27,29)(H,28,30). The fraction of sp³-hybridized carbons (Fsp3) is 0.250. The van der Waals surface area contributed by atoms with Crippen molar-refractivity contribution in [2.75, 3.05) is 30.5 Å². The number of nitrogens with zero attached hydrogens (tertiary/aromatic N) is 3. The summed E-state index contributed by atoms with van der Waals surface area (Å²) >= 11 is 2.02. The van der Waals surface area contributed by atoms with E-state index in [1.165, 1.54) is 13.4 Å². The van der Waals surface area contributed by atoms with Crippen molar-refractivity contribution in [3.05, 3.63) is 45.5 Å². The quantitative estimate of drug-likeness (QED) is 0.295. The van der Waals surface area contributed by atoms with Gasteiger partial charge in [-0.25, -0.2) is 14.6 Å². The van der Waals surface area contributed by atoms with Crippen molar-refractivity contribution in [3.63, 3.8) is 0 Å². The average molecular weight is 540 g/mol. The maximum absolute atomic E-state index is 12.7. The van der Waals surface area contributed by atoms with Crippen molar-refractivity contribution in [2.24, 2.45) is 0 Å². The molecule has 1 amide bonds. The second kappa shape index (κ2) is 12.1. The number of nitrogen functional groups attached to an aromatic ring is 1. The molecule has 0 saturated heterocycles. The Bertz CT molecular complexity index is 1430. The molecule has 3 rings (SSSR count). The van der Waals surface area contributed by atoms with Crippen LogP contribution in [0.3, 0.4) is 0 Å². The first-order chi connectivity index (χ1) is 17.8. The molecule has 37 heavy (non-hydrogen) atoms. The molecule has 0 bridgehead atoms. The van der Waals surface area contributed by atoms with Gasteiger partial charge >= 0.3 is 11.9 Å². The van der Waals surface area contributed by atoms with E-state index in [-0.39, 0.29) is 61.8 Å². The van der Waals surface area contributed by atoms with Crippen LogP contribution in [0.4, 0.5) is 10.8 Å². The van der Waals surface area contributed by atoms with Gasteiger partial charge in [-0.05, 0) is 31.5 Å². The molecule has 13 heteroatoms. The highest BCUT2D eigenvalue weighted by Crippen LogP contribution is 2.37. The minimum atomic E-state index is -0.699. The highest BCUT2D eigenvalue weighted by Gasteiger charge is 2.27. The number of rotatable bonds is 9. The number of nitrogens with one attached hydrogen (secondary N) is 1. The van der Waals surface area contributed by atoms with E-state index >= 15 is 0 Å². The zero-order valence-corrected chi connectivity index (χ0v) is 21.7. The number of thioether (sulfide) groups is 1. The lowest BCUT2D eigenvalue weighted by Crippen LogP contribution is -2.14. The van der Waals surface area contributed by atoms with Crippen molar-refractivity contribution in [2.45, 2.75) is 25.3 Å². The van der Waals surface area contributed by atoms with Gasteiger partial charge in [0.15, 0.2) is 0 Å². The summed E-state index contributed by atoms with van der Waals surface area (Å²) in [5.74, 6) is -1.33. The lowest BCUT2D eigenvalue weighted by molar-refractivity contribution is -0.115. The van der Waals surface area contributed by atoms with Crippen molar-refractivity contribution >= 4 is 51.8 Å². The molecule has 0 fully saturated rings. The van der Waals surface area contributed by atoms with Gasteiger partial charge in [0.05, 0.1) is 36.7 Å². The fourth-order valence-corrected chi connectivity index (χ4v) is 5.38. The maximum atomic E-state index is 12.7. The minimum absolute atomic E-state index is 0.0226. The Morgan fingerprint density at radius 2 is 1.97 bits per heavy atom. The Morgan fingerprint density at radius 3 is 2.57 bits per heavy atom. The van der Waals surface area contributed by atoms with E-state index in [4.69, 9.17) is 19.6 Å². The number of carbonyl (C=O) groups is 3. The predicted molar refractivity (Wildman–Crippen MR) is 136 cm³/mol. The van der Waals surface area contributed by atoms with Gasteiger partial charge in [0.2, 0.25) is 5.91 Å². The van der Waals surface area contributed by atoms with E-state index in [1.54, 1.807) is 26.0 Å². The monoisotopic (exact) mass is 539 g/mol. The second-order valence-electron chi connectivity index (χ2n) is 7.25. The van der Waals surface area contributed by atoms with Crippen LogP contribution in [0.2, 0.25) is 0 Å². The van der Waals surface area contributed by atoms with Gasteiger partial charge in [0.25, 0.3) is 0 Å². The third-order valence-corrected chi connectivity index (χ3v) is 7.17. The lowest BCUT2D eigenvalue weighted by atomic mass is 10.0. The van der Waals surface area contributed by atoms with Crippen molar-refractivity contribution in [1.82, 2.24) is 4.98 Å². The van der Waals surface area contributed by atoms with Crippen LogP contribution in [0.15, 0.2) is 27.8 Å². The molecule has 0 aliphatic rings. The molecule has 0 radical (unpaired) electrons. The Hall–Kier alpha value is -4.33. The molecule has 3 heterocycles. The molecule has 11 nitrogen and oxygen atoms in total. The van der Waals surface area contributed by atoms with Crippen LogP contribution in [0.1, 0.15) is 50.1 Å². The number of furan rings is 1. The van der Waals surface area contributed by atoms with Gasteiger partial charge in [0, 0.05) is 12.2 Å². The van der Waals surface area contributed by atoms with Crippen molar-refractivity contribution < 1.29 is 28.3 Å². The number of aromatic nitrogens is 1. The third kappa shape index (κ3) is 5.74. The van der Waals surface area contributed by atoms with Crippen LogP contribution in [-0.4, -0.2) is 42.3 Å². The molecule has 0 aromatic carbocycles. The van der Waals surface area contributed by atoms with E-state index in [0.717, 1.165) is 23.1 Å². The number of nitrogens with two attached hydrogens (primary N) is 1. The summed E-state index contributed by atoms with van der Waals surface area (Å²) in [6, 6.07) is 7.22. The number of ether oxygens (including phenoxy) is 2. The Kier molecular flexibility index (Phi) is 8.90. The van der Waals surface area contributed by atoms with Gasteiger partial charge in [-0.3, -0.25) is 4.79 Å². The van der Waals surface area contributed by atoms with Crippen LogP contribution < -0.4 is 11.1 Å². The van der Waals surface area contributed by atoms with E-state index in [9.17, 15) is 24.9 Å². The van der Waals surface area contributed by atoms with E-state index in [0.29, 0.717) is 11.3 Å². The molecule has 0 unspecified atom stereocenters. The minimum Gasteiger partial charge on any atom is -0.465 e. The normalized spacial score (nSPS) is 10.3. The highest BCUT2D eigenvalue weighted by atomic mass is 32.2. The maximum Gasteiger partial charge on any atom is 0.348 e. The van der Waals surface area contributed by atoms with Gasteiger partial charge in [-0.15, -0.1) is 23.1 Å². The SMILES string of the molecule is CCOC(=O)c1sc(NC(=O)CCSc2nc(N)c(C#N)c(-c3ccco3)c2C#N)c(C(=O)OC)c1C. The fourth-order valence-electron chi connectivity index (χ4n) is 3.34. The van der Waals surface area contributed by atoms with Gasteiger partial charge in [0.1, 0.15) is 44.2 Å². The van der Waals surface area contributed by atoms with Crippen LogP contribution >= 0.6 is 23.1 Å². The van der Waals surface area contributed by atoms with Gasteiger partial charge in [-0.2, -0.15) is 10.5 Å². The van der Waals surface area contributed by atoms with Gasteiger partial charge in [-0.1, -0.05) is 0 Å². The van der Waals surface area contributed by atoms with Crippen LogP contribution in [0.5, 0.6) is 0 Å². The number of anilines is 2. The summed E-state index contributed by atoms with van der Waals surface area (Å²) < 4.78 is 15.2. The molecular formula is C24H21N5O6S2. The molecule has 190 valence electrons. The number of esters is 2. The summed E-state index contributed by atoms with van der Waals surface area (Å²) in [6.07, 6.45) is 1.38. The number of methoxy groups -OCH3 is 1. The third-order valence-electron chi connectivity index (χ3n) is 5.00. The summed E-state index contributed by atoms with van der Waals surface area (Å²) in [5, 5.41) is 22.4. The Morgan fingerprint density at radius 1 is 1.24 bits per heavy atom. The summed E-state index contributed by atoms with van der Waals surface area (Å²) in [6.45, 7) is 3.39. The van der Waals surface area contributed by atoms with Crippen LogP contribution in [0, 0.1) is 29.6 Å². The Balaban J connectivity index is 1.80. The zero-order valence-electron chi connectivity index (χ0n) is 20.0. The number of carbonyl (C=O) groups excluding carboxylic acids is 3. The number of nitriles is 2. The first-order valence-corrected chi connectivity index (χ1v) is 12.6. The van der Waals surface area contributed by atoms with Crippen molar-refractivity contribution in [3.8, 4) is 23.5 Å². The molecule has 0 spiro atoms. The van der Waals surface area contributed by atoms with Crippen LogP contribution in [-0.2, 0) is 14.3 Å². The second-order valence-corrected chi connectivity index (χ2v) is 9.35. The largest absolute Gasteiger partial charge is 0.465 e. The van der Waals surface area contributed by atoms with Gasteiger partial charge < -0.3 is 24.9 Å². The van der Waals surface area contributed by atoms with Crippen molar-refractivity contribution in [1.29, 1.82) is 10.5 Å². The van der Waals surface area contributed by atoms with E-state index < -0.39 is 17.8 Å². The number of hydrogen-bond donors (Lipinski definition) is 2. The summed E-state index contributed by atoms with van der Waals surface area (Å²) in [7, 11) is 1.20. The molecular weight excluding hydrogens is 518 g/mol. The highest BCUT2D eigenvalue weighted by molar-refractivity contribution is 7.99. The molecule has 0 saturated carbocycles. The number of amides is 1. The molecule has 3 N–H and O–H groups in total. The Labute approximate surface area is 220 Å².